The van der Waals surface area contributed by atoms with Crippen molar-refractivity contribution in [1.29, 1.82) is 0 Å². The smallest absolute Gasteiger partial charge is 0.269 e. The van der Waals surface area contributed by atoms with Gasteiger partial charge in [0.2, 0.25) is 17.7 Å². The van der Waals surface area contributed by atoms with Crippen LogP contribution in [0.25, 0.3) is 0 Å². The summed E-state index contributed by atoms with van der Waals surface area (Å²) in [7, 11) is 0. The van der Waals surface area contributed by atoms with Crippen LogP contribution in [-0.4, -0.2) is 46.2 Å². The summed E-state index contributed by atoms with van der Waals surface area (Å²) in [6, 6.07) is 3.99. The van der Waals surface area contributed by atoms with Gasteiger partial charge in [0.15, 0.2) is 0 Å². The van der Waals surface area contributed by atoms with E-state index in [9.17, 15) is 24.5 Å². The fourth-order valence-electron chi connectivity index (χ4n) is 3.41. The Bertz CT molecular complexity index is 734. The van der Waals surface area contributed by atoms with E-state index in [1.807, 2.05) is 0 Å². The van der Waals surface area contributed by atoms with Crippen LogP contribution < -0.4 is 11.1 Å². The number of carbonyl (C=O) groups excluding carboxylic acids is 3. The first-order chi connectivity index (χ1) is 13.3. The number of amides is 3. The molecule has 0 aromatic heterocycles. The number of unbranched alkanes of at least 4 members (excludes halogenated alkanes) is 3. The zero-order valence-electron chi connectivity index (χ0n) is 15.9. The second-order valence-corrected chi connectivity index (χ2v) is 6.93. The molecule has 3 amide bonds. The molecule has 1 aromatic carbocycles. The normalized spacial score (nSPS) is 17.9. The molecule has 2 rings (SSSR count). The Morgan fingerprint density at radius 1 is 1.29 bits per heavy atom. The standard InChI is InChI=1S/C19H26N4O5/c1-2-3-4-5-6-15-19(26)21-12-17(24)22(15)16(18(20)25)11-13-7-9-14(10-8-13)23(27)28/h7-10,15-16H,2-6,11-12H2,1H3,(H2,20,25)(H,21,26)/t15-,16-/m0/s1. The maximum absolute atomic E-state index is 12.5. The van der Waals surface area contributed by atoms with Gasteiger partial charge in [-0.25, -0.2) is 0 Å². The maximum atomic E-state index is 12.5. The first kappa shape index (κ1) is 21.3. The number of benzene rings is 1. The molecule has 1 saturated heterocycles. The van der Waals surface area contributed by atoms with Crippen molar-refractivity contribution < 1.29 is 19.3 Å². The second-order valence-electron chi connectivity index (χ2n) is 6.93. The summed E-state index contributed by atoms with van der Waals surface area (Å²) in [4.78, 5) is 48.6. The highest BCUT2D eigenvalue weighted by Gasteiger charge is 2.40. The van der Waals surface area contributed by atoms with Crippen LogP contribution in [0.5, 0.6) is 0 Å². The first-order valence-corrected chi connectivity index (χ1v) is 9.46. The zero-order chi connectivity index (χ0) is 20.7. The Hall–Kier alpha value is -2.97. The van der Waals surface area contributed by atoms with E-state index in [2.05, 4.69) is 12.2 Å². The van der Waals surface area contributed by atoms with Crippen molar-refractivity contribution in [1.82, 2.24) is 10.2 Å². The molecule has 2 atom stereocenters. The lowest BCUT2D eigenvalue weighted by atomic mass is 9.97. The Kier molecular flexibility index (Phi) is 7.48. The molecule has 0 unspecified atom stereocenters. The fourth-order valence-corrected chi connectivity index (χ4v) is 3.41. The Labute approximate surface area is 163 Å². The van der Waals surface area contributed by atoms with Gasteiger partial charge in [0.05, 0.1) is 11.5 Å². The first-order valence-electron chi connectivity index (χ1n) is 9.46. The molecule has 9 nitrogen and oxygen atoms in total. The summed E-state index contributed by atoms with van der Waals surface area (Å²) >= 11 is 0. The highest BCUT2D eigenvalue weighted by atomic mass is 16.6. The van der Waals surface area contributed by atoms with Gasteiger partial charge in [0, 0.05) is 18.6 Å². The van der Waals surface area contributed by atoms with Gasteiger partial charge in [-0.2, -0.15) is 0 Å². The van der Waals surface area contributed by atoms with E-state index in [1.54, 1.807) is 0 Å². The average Bonchev–Trinajstić information content (AvgIpc) is 2.66. The summed E-state index contributed by atoms with van der Waals surface area (Å²) in [5.41, 5.74) is 6.12. The van der Waals surface area contributed by atoms with E-state index in [4.69, 9.17) is 5.73 Å². The molecule has 28 heavy (non-hydrogen) atoms. The molecule has 0 spiro atoms. The van der Waals surface area contributed by atoms with Crippen molar-refractivity contribution in [2.75, 3.05) is 6.54 Å². The third kappa shape index (κ3) is 5.28. The topological polar surface area (TPSA) is 136 Å². The van der Waals surface area contributed by atoms with Crippen LogP contribution in [0.2, 0.25) is 0 Å². The summed E-state index contributed by atoms with van der Waals surface area (Å²) < 4.78 is 0. The van der Waals surface area contributed by atoms with E-state index in [-0.39, 0.29) is 30.5 Å². The lowest BCUT2D eigenvalue weighted by Crippen LogP contribution is -2.64. The zero-order valence-corrected chi connectivity index (χ0v) is 15.9. The summed E-state index contributed by atoms with van der Waals surface area (Å²) in [6.07, 6.45) is 4.33. The van der Waals surface area contributed by atoms with E-state index >= 15 is 0 Å². The Balaban J connectivity index is 2.21. The van der Waals surface area contributed by atoms with Crippen LogP contribution in [0.3, 0.4) is 0 Å². The van der Waals surface area contributed by atoms with Crippen molar-refractivity contribution in [3.63, 3.8) is 0 Å². The number of hydrogen-bond donors (Lipinski definition) is 2. The summed E-state index contributed by atoms with van der Waals surface area (Å²) in [5.74, 6) is -1.35. The molecule has 9 heteroatoms. The molecule has 0 radical (unpaired) electrons. The Morgan fingerprint density at radius 2 is 1.96 bits per heavy atom. The quantitative estimate of drug-likeness (QED) is 0.352. The van der Waals surface area contributed by atoms with E-state index in [0.717, 1.165) is 25.7 Å². The number of nitro benzene ring substituents is 1. The van der Waals surface area contributed by atoms with Crippen LogP contribution in [-0.2, 0) is 20.8 Å². The minimum absolute atomic E-state index is 0.0680. The van der Waals surface area contributed by atoms with Gasteiger partial charge in [-0.05, 0) is 12.0 Å². The van der Waals surface area contributed by atoms with Crippen molar-refractivity contribution >= 4 is 23.4 Å². The van der Waals surface area contributed by atoms with E-state index in [1.165, 1.54) is 29.2 Å². The van der Waals surface area contributed by atoms with Gasteiger partial charge in [0.1, 0.15) is 12.1 Å². The van der Waals surface area contributed by atoms with Crippen molar-refractivity contribution in [2.24, 2.45) is 5.73 Å². The van der Waals surface area contributed by atoms with E-state index < -0.39 is 22.9 Å². The van der Waals surface area contributed by atoms with Crippen molar-refractivity contribution in [2.45, 2.75) is 57.5 Å². The minimum atomic E-state index is -0.990. The lowest BCUT2D eigenvalue weighted by molar-refractivity contribution is -0.384. The van der Waals surface area contributed by atoms with Gasteiger partial charge in [-0.1, -0.05) is 44.7 Å². The van der Waals surface area contributed by atoms with Crippen LogP contribution in [0, 0.1) is 10.1 Å². The van der Waals surface area contributed by atoms with Gasteiger partial charge in [0.25, 0.3) is 5.69 Å². The SMILES string of the molecule is CCCCCC[C@H]1C(=O)NCC(=O)N1[C@@H](Cc1ccc([N+](=O)[O-])cc1)C(N)=O. The fraction of sp³-hybridized carbons (Fsp3) is 0.526. The molecular formula is C19H26N4O5. The van der Waals surface area contributed by atoms with Crippen LogP contribution in [0.1, 0.15) is 44.6 Å². The summed E-state index contributed by atoms with van der Waals surface area (Å²) in [5, 5.41) is 13.4. The number of nitrogens with two attached hydrogens (primary N) is 1. The number of nitro groups is 1. The maximum Gasteiger partial charge on any atom is 0.269 e. The van der Waals surface area contributed by atoms with Gasteiger partial charge < -0.3 is 16.0 Å². The number of primary amides is 1. The molecule has 1 aromatic rings. The highest BCUT2D eigenvalue weighted by molar-refractivity contribution is 5.97. The van der Waals surface area contributed by atoms with Crippen LogP contribution >= 0.6 is 0 Å². The number of carbonyl (C=O) groups is 3. The number of hydrogen-bond acceptors (Lipinski definition) is 5. The number of rotatable bonds is 10. The number of piperazine rings is 1. The molecule has 152 valence electrons. The van der Waals surface area contributed by atoms with Crippen LogP contribution in [0.15, 0.2) is 24.3 Å². The monoisotopic (exact) mass is 390 g/mol. The van der Waals surface area contributed by atoms with Crippen molar-refractivity contribution in [3.8, 4) is 0 Å². The molecule has 1 heterocycles. The van der Waals surface area contributed by atoms with Gasteiger partial charge in [-0.15, -0.1) is 0 Å². The molecule has 1 fully saturated rings. The Morgan fingerprint density at radius 3 is 2.54 bits per heavy atom. The van der Waals surface area contributed by atoms with Gasteiger partial charge >= 0.3 is 0 Å². The summed E-state index contributed by atoms with van der Waals surface area (Å²) in [6.45, 7) is 1.91. The van der Waals surface area contributed by atoms with Crippen molar-refractivity contribution in [3.05, 3.63) is 39.9 Å². The third-order valence-corrected chi connectivity index (χ3v) is 4.91. The molecule has 1 aliphatic heterocycles. The van der Waals surface area contributed by atoms with Crippen LogP contribution in [0.4, 0.5) is 5.69 Å². The van der Waals surface area contributed by atoms with Gasteiger partial charge in [-0.3, -0.25) is 24.5 Å². The minimum Gasteiger partial charge on any atom is -0.368 e. The number of nitrogens with one attached hydrogen (secondary N) is 1. The predicted molar refractivity (Wildman–Crippen MR) is 102 cm³/mol. The number of non-ortho nitro benzene ring substituents is 1. The lowest BCUT2D eigenvalue weighted by Gasteiger charge is -2.39. The largest absolute Gasteiger partial charge is 0.368 e. The van der Waals surface area contributed by atoms with E-state index in [0.29, 0.717) is 12.0 Å². The number of nitrogens with zero attached hydrogens (tertiary/aromatic N) is 2. The average molecular weight is 390 g/mol. The second kappa shape index (κ2) is 9.82. The molecule has 3 N–H and O–H groups in total. The molecule has 0 bridgehead atoms. The molecule has 1 aliphatic rings. The predicted octanol–water partition coefficient (Wildman–Crippen LogP) is 1.29. The highest BCUT2D eigenvalue weighted by Crippen LogP contribution is 2.21. The molecule has 0 saturated carbocycles. The third-order valence-electron chi connectivity index (χ3n) is 4.91. The molecule has 0 aliphatic carbocycles. The molecular weight excluding hydrogens is 364 g/mol.